The third-order valence-corrected chi connectivity index (χ3v) is 2.08. The molecule has 2 unspecified atom stereocenters. The van der Waals surface area contributed by atoms with Crippen LogP contribution in [-0.4, -0.2) is 17.2 Å². The maximum atomic E-state index is 10.2. The van der Waals surface area contributed by atoms with Crippen molar-refractivity contribution in [2.45, 2.75) is 33.3 Å². The summed E-state index contributed by atoms with van der Waals surface area (Å²) >= 11 is 0. The van der Waals surface area contributed by atoms with Gasteiger partial charge in [-0.3, -0.25) is 0 Å². The van der Waals surface area contributed by atoms with Crippen molar-refractivity contribution in [3.63, 3.8) is 0 Å². The minimum absolute atomic E-state index is 0.101. The molecule has 3 nitrogen and oxygen atoms in total. The van der Waals surface area contributed by atoms with Crippen LogP contribution in [0.25, 0.3) is 0 Å². The van der Waals surface area contributed by atoms with Crippen molar-refractivity contribution < 1.29 is 14.6 Å². The van der Waals surface area contributed by atoms with E-state index in [0.29, 0.717) is 5.92 Å². The van der Waals surface area contributed by atoms with Gasteiger partial charge in [0, 0.05) is 0 Å². The van der Waals surface area contributed by atoms with Crippen molar-refractivity contribution in [1.82, 2.24) is 0 Å². The highest BCUT2D eigenvalue weighted by molar-refractivity contribution is 5.79. The van der Waals surface area contributed by atoms with Crippen molar-refractivity contribution >= 4 is 5.97 Å². The molecule has 0 spiro atoms. The number of carboxylic acid groups (broad SMARTS) is 1. The Morgan fingerprint density at radius 1 is 1.64 bits per heavy atom. The maximum Gasteiger partial charge on any atom is 0.331 e. The third kappa shape index (κ3) is 4.70. The second-order valence-electron chi connectivity index (χ2n) is 3.43. The standard InChI is InChI=1S/C11H18O3/c1-5-9(4)11(8(2)3)14-7-6-10(12)13/h6-7,9,11H,2,5H2,1,3-4H3,(H,12,13). The Morgan fingerprint density at radius 2 is 2.21 bits per heavy atom. The zero-order valence-corrected chi connectivity index (χ0v) is 8.99. The van der Waals surface area contributed by atoms with Crippen molar-refractivity contribution in [3.8, 4) is 0 Å². The lowest BCUT2D eigenvalue weighted by Crippen LogP contribution is -2.20. The van der Waals surface area contributed by atoms with E-state index in [1.165, 1.54) is 6.26 Å². The van der Waals surface area contributed by atoms with Crippen LogP contribution in [0.15, 0.2) is 24.5 Å². The Hall–Kier alpha value is -1.25. The van der Waals surface area contributed by atoms with Gasteiger partial charge in [-0.15, -0.1) is 0 Å². The summed E-state index contributed by atoms with van der Waals surface area (Å²) in [6, 6.07) is 0. The molecule has 0 saturated carbocycles. The van der Waals surface area contributed by atoms with Crippen LogP contribution < -0.4 is 0 Å². The molecule has 0 saturated heterocycles. The van der Waals surface area contributed by atoms with Gasteiger partial charge in [0.15, 0.2) is 0 Å². The first-order valence-corrected chi connectivity index (χ1v) is 4.69. The van der Waals surface area contributed by atoms with Crippen LogP contribution in [0.3, 0.4) is 0 Å². The van der Waals surface area contributed by atoms with Crippen LogP contribution in [0.1, 0.15) is 27.2 Å². The lowest BCUT2D eigenvalue weighted by Gasteiger charge is -2.22. The van der Waals surface area contributed by atoms with Gasteiger partial charge in [-0.25, -0.2) is 4.79 Å². The summed E-state index contributed by atoms with van der Waals surface area (Å²) in [5, 5.41) is 8.37. The molecule has 0 amide bonds. The summed E-state index contributed by atoms with van der Waals surface area (Å²) in [5.74, 6) is -0.666. The molecule has 0 heterocycles. The quantitative estimate of drug-likeness (QED) is 0.405. The van der Waals surface area contributed by atoms with Crippen LogP contribution in [0.2, 0.25) is 0 Å². The molecule has 2 atom stereocenters. The Balaban J connectivity index is 4.24. The molecule has 3 heteroatoms. The molecule has 0 aliphatic rings. The van der Waals surface area contributed by atoms with Crippen molar-refractivity contribution in [3.05, 3.63) is 24.5 Å². The van der Waals surface area contributed by atoms with E-state index in [4.69, 9.17) is 9.84 Å². The van der Waals surface area contributed by atoms with Crippen LogP contribution in [0.5, 0.6) is 0 Å². The predicted molar refractivity (Wildman–Crippen MR) is 55.9 cm³/mol. The summed E-state index contributed by atoms with van der Waals surface area (Å²) in [5.41, 5.74) is 0.911. The fraction of sp³-hybridized carbons (Fsp3) is 0.545. The van der Waals surface area contributed by atoms with Crippen LogP contribution in [0.4, 0.5) is 0 Å². The summed E-state index contributed by atoms with van der Waals surface area (Å²) in [7, 11) is 0. The van der Waals surface area contributed by atoms with Gasteiger partial charge in [0.05, 0.1) is 12.3 Å². The number of aliphatic carboxylic acids is 1. The minimum Gasteiger partial charge on any atom is -0.493 e. The normalized spacial score (nSPS) is 15.1. The van der Waals surface area contributed by atoms with Gasteiger partial charge in [-0.05, 0) is 24.8 Å². The van der Waals surface area contributed by atoms with Gasteiger partial charge >= 0.3 is 5.97 Å². The van der Waals surface area contributed by atoms with Gasteiger partial charge in [-0.1, -0.05) is 20.4 Å². The Morgan fingerprint density at radius 3 is 2.57 bits per heavy atom. The molecule has 0 aliphatic heterocycles. The highest BCUT2D eigenvalue weighted by Gasteiger charge is 2.16. The number of hydrogen-bond donors (Lipinski definition) is 1. The van der Waals surface area contributed by atoms with E-state index >= 15 is 0 Å². The first-order chi connectivity index (χ1) is 6.49. The van der Waals surface area contributed by atoms with Crippen LogP contribution in [-0.2, 0) is 9.53 Å². The Labute approximate surface area is 85.1 Å². The van der Waals surface area contributed by atoms with Crippen LogP contribution in [0, 0.1) is 5.92 Å². The van der Waals surface area contributed by atoms with E-state index in [1.807, 2.05) is 13.8 Å². The van der Waals surface area contributed by atoms with E-state index in [-0.39, 0.29) is 6.10 Å². The SMILES string of the molecule is C=C(C)C(OC=CC(=O)O)C(C)CC. The Kier molecular flexibility index (Phi) is 5.68. The second kappa shape index (κ2) is 6.24. The average molecular weight is 198 g/mol. The third-order valence-electron chi connectivity index (χ3n) is 2.08. The molecule has 80 valence electrons. The maximum absolute atomic E-state index is 10.2. The largest absolute Gasteiger partial charge is 0.493 e. The molecule has 0 aromatic rings. The zero-order chi connectivity index (χ0) is 11.1. The molecular weight excluding hydrogens is 180 g/mol. The monoisotopic (exact) mass is 198 g/mol. The molecule has 0 aromatic carbocycles. The summed E-state index contributed by atoms with van der Waals surface area (Å²) in [6.45, 7) is 9.81. The smallest absolute Gasteiger partial charge is 0.331 e. The highest BCUT2D eigenvalue weighted by atomic mass is 16.5. The van der Waals surface area contributed by atoms with Gasteiger partial charge in [0.2, 0.25) is 0 Å². The van der Waals surface area contributed by atoms with Crippen molar-refractivity contribution in [2.24, 2.45) is 5.92 Å². The van der Waals surface area contributed by atoms with E-state index in [1.54, 1.807) is 0 Å². The van der Waals surface area contributed by atoms with Gasteiger partial charge in [-0.2, -0.15) is 0 Å². The van der Waals surface area contributed by atoms with E-state index in [2.05, 4.69) is 13.5 Å². The summed E-state index contributed by atoms with van der Waals surface area (Å²) < 4.78 is 5.31. The highest BCUT2D eigenvalue weighted by Crippen LogP contribution is 2.18. The average Bonchev–Trinajstić information content (AvgIpc) is 2.10. The molecule has 14 heavy (non-hydrogen) atoms. The topological polar surface area (TPSA) is 46.5 Å². The van der Waals surface area contributed by atoms with Crippen molar-refractivity contribution in [2.75, 3.05) is 0 Å². The lowest BCUT2D eigenvalue weighted by molar-refractivity contribution is -0.131. The molecule has 0 aliphatic carbocycles. The summed E-state index contributed by atoms with van der Waals surface area (Å²) in [4.78, 5) is 10.2. The molecular formula is C11H18O3. The van der Waals surface area contributed by atoms with Crippen LogP contribution >= 0.6 is 0 Å². The molecule has 0 radical (unpaired) electrons. The predicted octanol–water partition coefficient (Wildman–Crippen LogP) is 2.59. The fourth-order valence-corrected chi connectivity index (χ4v) is 1.13. The fourth-order valence-electron chi connectivity index (χ4n) is 1.13. The number of carbonyl (C=O) groups is 1. The Bertz CT molecular complexity index is 231. The number of carboxylic acids is 1. The second-order valence-corrected chi connectivity index (χ2v) is 3.43. The summed E-state index contributed by atoms with van der Waals surface area (Å²) in [6.07, 6.45) is 3.07. The van der Waals surface area contributed by atoms with E-state index < -0.39 is 5.97 Å². The van der Waals surface area contributed by atoms with Gasteiger partial charge in [0.1, 0.15) is 6.10 Å². The van der Waals surface area contributed by atoms with Gasteiger partial charge < -0.3 is 9.84 Å². The molecule has 0 rings (SSSR count). The number of hydrogen-bond acceptors (Lipinski definition) is 2. The molecule has 1 N–H and O–H groups in total. The van der Waals surface area contributed by atoms with E-state index in [9.17, 15) is 4.79 Å². The first kappa shape index (κ1) is 12.8. The van der Waals surface area contributed by atoms with E-state index in [0.717, 1.165) is 18.1 Å². The first-order valence-electron chi connectivity index (χ1n) is 4.69. The zero-order valence-electron chi connectivity index (χ0n) is 8.99. The molecule has 0 fully saturated rings. The molecule has 0 bridgehead atoms. The number of ether oxygens (including phenoxy) is 1. The van der Waals surface area contributed by atoms with Gasteiger partial charge in [0.25, 0.3) is 0 Å². The molecule has 0 aromatic heterocycles. The minimum atomic E-state index is -1.00. The lowest BCUT2D eigenvalue weighted by atomic mass is 9.97. The van der Waals surface area contributed by atoms with Crippen molar-refractivity contribution in [1.29, 1.82) is 0 Å². The number of rotatable bonds is 6.